The Kier molecular flexibility index (Phi) is 3.92. The lowest BCUT2D eigenvalue weighted by atomic mass is 10.2. The molecule has 0 aliphatic rings. The molecule has 14 heavy (non-hydrogen) atoms. The SMILES string of the molecule is O=P([O-])([O-])[C@H](S)c1ccc(Cl)cc1Cl. The molecule has 0 fully saturated rings. The minimum absolute atomic E-state index is 0.115. The summed E-state index contributed by atoms with van der Waals surface area (Å²) in [5, 5.41) is 0.482. The van der Waals surface area contributed by atoms with Gasteiger partial charge in [-0.15, -0.1) is 0 Å². The zero-order valence-corrected chi connectivity index (χ0v) is 9.99. The Morgan fingerprint density at radius 3 is 2.36 bits per heavy atom. The number of benzene rings is 1. The summed E-state index contributed by atoms with van der Waals surface area (Å²) in [6.07, 6.45) is 0. The average molecular weight is 271 g/mol. The van der Waals surface area contributed by atoms with Crippen LogP contribution < -0.4 is 9.79 Å². The van der Waals surface area contributed by atoms with E-state index in [-0.39, 0.29) is 10.6 Å². The van der Waals surface area contributed by atoms with Crippen molar-refractivity contribution in [2.24, 2.45) is 0 Å². The highest BCUT2D eigenvalue weighted by atomic mass is 35.5. The van der Waals surface area contributed by atoms with E-state index in [1.54, 1.807) is 0 Å². The minimum atomic E-state index is -4.78. The van der Waals surface area contributed by atoms with Gasteiger partial charge in [-0.1, -0.05) is 29.3 Å². The van der Waals surface area contributed by atoms with Crippen molar-refractivity contribution in [2.45, 2.75) is 4.99 Å². The first-order valence-electron chi connectivity index (χ1n) is 3.47. The molecule has 0 radical (unpaired) electrons. The first-order chi connectivity index (χ1) is 6.32. The molecule has 0 aromatic heterocycles. The standard InChI is InChI=1S/C7H7Cl2O3PS/c8-4-1-2-5(6(9)3-4)7(14)13(10,11)12/h1-3,7,14H,(H2,10,11,12)/p-2/t7-/m1/s1. The van der Waals surface area contributed by atoms with Gasteiger partial charge in [0.2, 0.25) is 0 Å². The fraction of sp³-hybridized carbons (Fsp3) is 0.143. The van der Waals surface area contributed by atoms with Crippen LogP contribution >= 0.6 is 43.4 Å². The van der Waals surface area contributed by atoms with Crippen molar-refractivity contribution in [3.05, 3.63) is 33.8 Å². The Morgan fingerprint density at radius 2 is 1.93 bits per heavy atom. The quantitative estimate of drug-likeness (QED) is 0.659. The van der Waals surface area contributed by atoms with Gasteiger partial charge in [0, 0.05) is 10.0 Å². The van der Waals surface area contributed by atoms with Gasteiger partial charge in [0.05, 0.1) is 4.99 Å². The molecule has 1 aromatic carbocycles. The van der Waals surface area contributed by atoms with Gasteiger partial charge in [0.1, 0.15) is 0 Å². The van der Waals surface area contributed by atoms with Gasteiger partial charge in [-0.3, -0.25) is 0 Å². The summed E-state index contributed by atoms with van der Waals surface area (Å²) in [5.74, 6) is 0. The maximum absolute atomic E-state index is 10.7. The van der Waals surface area contributed by atoms with Crippen molar-refractivity contribution >= 4 is 43.4 Å². The lowest BCUT2D eigenvalue weighted by molar-refractivity contribution is -0.314. The Bertz CT molecular complexity index is 393. The van der Waals surface area contributed by atoms with Crippen molar-refractivity contribution in [1.29, 1.82) is 0 Å². The molecule has 78 valence electrons. The van der Waals surface area contributed by atoms with Crippen molar-refractivity contribution in [3.63, 3.8) is 0 Å². The number of hydrogen-bond donors (Lipinski definition) is 1. The molecule has 0 saturated heterocycles. The van der Waals surface area contributed by atoms with E-state index in [9.17, 15) is 14.4 Å². The molecule has 0 heterocycles. The predicted molar refractivity (Wildman–Crippen MR) is 55.8 cm³/mol. The average Bonchev–Trinajstić information content (AvgIpc) is 2.01. The Balaban J connectivity index is 3.14. The van der Waals surface area contributed by atoms with Crippen LogP contribution in [0.4, 0.5) is 0 Å². The van der Waals surface area contributed by atoms with Gasteiger partial charge >= 0.3 is 0 Å². The normalized spacial score (nSPS) is 14.1. The molecule has 0 aliphatic heterocycles. The highest BCUT2D eigenvalue weighted by Gasteiger charge is 2.13. The second kappa shape index (κ2) is 4.44. The zero-order valence-electron chi connectivity index (χ0n) is 6.68. The van der Waals surface area contributed by atoms with Crippen LogP contribution in [0.25, 0.3) is 0 Å². The van der Waals surface area contributed by atoms with Crippen LogP contribution in [-0.2, 0) is 4.57 Å². The van der Waals surface area contributed by atoms with Crippen LogP contribution in [0, 0.1) is 0 Å². The molecule has 0 unspecified atom stereocenters. The Morgan fingerprint density at radius 1 is 1.36 bits per heavy atom. The summed E-state index contributed by atoms with van der Waals surface area (Å²) < 4.78 is 10.7. The maximum atomic E-state index is 10.7. The summed E-state index contributed by atoms with van der Waals surface area (Å²) in [6.45, 7) is 0. The molecule has 0 spiro atoms. The molecule has 3 nitrogen and oxygen atoms in total. The zero-order chi connectivity index (χ0) is 10.9. The summed E-state index contributed by atoms with van der Waals surface area (Å²) in [4.78, 5) is 19.9. The number of rotatable bonds is 2. The predicted octanol–water partition coefficient (Wildman–Crippen LogP) is 1.84. The van der Waals surface area contributed by atoms with Crippen molar-refractivity contribution in [3.8, 4) is 0 Å². The van der Waals surface area contributed by atoms with Crippen LogP contribution in [0.5, 0.6) is 0 Å². The number of hydrogen-bond acceptors (Lipinski definition) is 4. The van der Waals surface area contributed by atoms with E-state index in [4.69, 9.17) is 23.2 Å². The molecule has 0 saturated carbocycles. The van der Waals surface area contributed by atoms with Gasteiger partial charge in [-0.05, 0) is 25.3 Å². The maximum Gasteiger partial charge on any atom is 0.0557 e. The molecular weight excluding hydrogens is 266 g/mol. The monoisotopic (exact) mass is 270 g/mol. The van der Waals surface area contributed by atoms with E-state index in [0.717, 1.165) is 0 Å². The van der Waals surface area contributed by atoms with E-state index in [2.05, 4.69) is 12.6 Å². The van der Waals surface area contributed by atoms with Gasteiger partial charge in [-0.25, -0.2) is 0 Å². The highest BCUT2D eigenvalue weighted by molar-refractivity contribution is 7.88. The smallest absolute Gasteiger partial charge is 0.0557 e. The molecule has 1 rings (SSSR count). The summed E-state index contributed by atoms with van der Waals surface area (Å²) in [5.41, 5.74) is 0.146. The Hall–Kier alpha value is 0.300. The van der Waals surface area contributed by atoms with E-state index < -0.39 is 12.6 Å². The fourth-order valence-corrected chi connectivity index (χ4v) is 2.34. The molecule has 7 heteroatoms. The molecule has 0 N–H and O–H groups in total. The Labute approximate surface area is 96.6 Å². The number of halogens is 2. The molecule has 1 atom stereocenters. The molecular formula is C7H5Cl2O3PS-2. The third-order valence-corrected chi connectivity index (χ3v) is 4.11. The second-order valence-electron chi connectivity index (χ2n) is 2.58. The van der Waals surface area contributed by atoms with E-state index in [0.29, 0.717) is 5.02 Å². The fourth-order valence-electron chi connectivity index (χ4n) is 0.881. The number of thiol groups is 1. The van der Waals surface area contributed by atoms with Crippen LogP contribution in [-0.4, -0.2) is 0 Å². The van der Waals surface area contributed by atoms with Crippen molar-refractivity contribution < 1.29 is 14.4 Å². The summed E-state index contributed by atoms with van der Waals surface area (Å²) in [6, 6.07) is 4.17. The van der Waals surface area contributed by atoms with E-state index in [1.165, 1.54) is 18.2 Å². The second-order valence-corrected chi connectivity index (χ2v) is 5.94. The van der Waals surface area contributed by atoms with E-state index >= 15 is 0 Å². The van der Waals surface area contributed by atoms with Crippen LogP contribution in [0.1, 0.15) is 10.6 Å². The molecule has 0 amide bonds. The lowest BCUT2D eigenvalue weighted by Gasteiger charge is -2.35. The minimum Gasteiger partial charge on any atom is -0.810 e. The molecule has 1 aromatic rings. The largest absolute Gasteiger partial charge is 0.810 e. The third-order valence-electron chi connectivity index (χ3n) is 1.54. The summed E-state index contributed by atoms with van der Waals surface area (Å²) >= 11 is 15.0. The van der Waals surface area contributed by atoms with Crippen molar-refractivity contribution in [1.82, 2.24) is 0 Å². The molecule has 0 bridgehead atoms. The van der Waals surface area contributed by atoms with E-state index in [1.807, 2.05) is 0 Å². The lowest BCUT2D eigenvalue weighted by Crippen LogP contribution is -2.17. The van der Waals surface area contributed by atoms with Gasteiger partial charge in [0.15, 0.2) is 0 Å². The first kappa shape index (κ1) is 12.4. The van der Waals surface area contributed by atoms with Crippen molar-refractivity contribution in [2.75, 3.05) is 0 Å². The topological polar surface area (TPSA) is 63.2 Å². The van der Waals surface area contributed by atoms with Gasteiger partial charge in [0.25, 0.3) is 0 Å². The third kappa shape index (κ3) is 2.89. The molecule has 0 aliphatic carbocycles. The summed E-state index contributed by atoms with van der Waals surface area (Å²) in [7, 11) is -4.78. The first-order valence-corrected chi connectivity index (χ1v) is 6.35. The van der Waals surface area contributed by atoms with Gasteiger partial charge < -0.3 is 14.4 Å². The van der Waals surface area contributed by atoms with Crippen LogP contribution in [0.15, 0.2) is 18.2 Å². The van der Waals surface area contributed by atoms with Crippen LogP contribution in [0.3, 0.4) is 0 Å². The van der Waals surface area contributed by atoms with Crippen LogP contribution in [0.2, 0.25) is 10.0 Å². The van der Waals surface area contributed by atoms with Gasteiger partial charge in [-0.2, -0.15) is 12.6 Å². The highest BCUT2D eigenvalue weighted by Crippen LogP contribution is 2.49.